The molecule has 8 heteroatoms. The van der Waals surface area contributed by atoms with Gasteiger partial charge >= 0.3 is 6.18 Å². The number of halogens is 3. The summed E-state index contributed by atoms with van der Waals surface area (Å²) in [6.07, 6.45) is -3.97. The lowest BCUT2D eigenvalue weighted by molar-refractivity contribution is -0.137. The van der Waals surface area contributed by atoms with E-state index in [2.05, 4.69) is 10.5 Å². The first kappa shape index (κ1) is 17.8. The molecule has 1 aromatic heterocycles. The van der Waals surface area contributed by atoms with Crippen molar-refractivity contribution >= 4 is 5.91 Å². The number of nitrogens with one attached hydrogen (secondary N) is 1. The second kappa shape index (κ2) is 7.37. The van der Waals surface area contributed by atoms with Crippen molar-refractivity contribution in [3.8, 4) is 17.0 Å². The Morgan fingerprint density at radius 2 is 2.08 bits per heavy atom. The molecule has 0 radical (unpaired) electrons. The van der Waals surface area contributed by atoms with Crippen LogP contribution in [0.4, 0.5) is 13.2 Å². The molecule has 0 fully saturated rings. The Hall–Kier alpha value is -2.51. The van der Waals surface area contributed by atoms with Crippen LogP contribution in [0.5, 0.6) is 5.75 Å². The molecule has 0 atom stereocenters. The van der Waals surface area contributed by atoms with Gasteiger partial charge in [0.2, 0.25) is 5.91 Å². The van der Waals surface area contributed by atoms with Crippen molar-refractivity contribution in [2.45, 2.75) is 25.9 Å². The van der Waals surface area contributed by atoms with Gasteiger partial charge in [0.15, 0.2) is 0 Å². The topological polar surface area (TPSA) is 64.4 Å². The average molecular weight is 342 g/mol. The van der Waals surface area contributed by atoms with E-state index >= 15 is 0 Å². The molecule has 1 heterocycles. The molecule has 0 saturated carbocycles. The van der Waals surface area contributed by atoms with Crippen LogP contribution in [0, 0.1) is 0 Å². The number of amides is 1. The highest BCUT2D eigenvalue weighted by Crippen LogP contribution is 2.39. The van der Waals surface area contributed by atoms with E-state index in [-0.39, 0.29) is 35.1 Å². The molecule has 1 N–H and O–H groups in total. The van der Waals surface area contributed by atoms with E-state index in [9.17, 15) is 18.0 Å². The third kappa shape index (κ3) is 4.27. The molecule has 130 valence electrons. The zero-order valence-corrected chi connectivity index (χ0v) is 13.2. The minimum atomic E-state index is -4.57. The average Bonchev–Trinajstić information content (AvgIpc) is 3.00. The highest BCUT2D eigenvalue weighted by atomic mass is 19.4. The number of benzene rings is 1. The largest absolute Gasteiger partial charge is 0.494 e. The number of ether oxygens (including phenoxy) is 1. The van der Waals surface area contributed by atoms with Gasteiger partial charge < -0.3 is 14.6 Å². The Morgan fingerprint density at radius 1 is 1.33 bits per heavy atom. The van der Waals surface area contributed by atoms with Crippen LogP contribution in [0.25, 0.3) is 11.3 Å². The molecule has 0 saturated heterocycles. The van der Waals surface area contributed by atoms with E-state index in [4.69, 9.17) is 9.26 Å². The number of carbonyl (C=O) groups excluding carboxylic acids is 1. The fraction of sp³-hybridized carbons (Fsp3) is 0.375. The fourth-order valence-corrected chi connectivity index (χ4v) is 2.06. The molecule has 0 aliphatic rings. The first-order chi connectivity index (χ1) is 11.3. The van der Waals surface area contributed by atoms with Crippen molar-refractivity contribution in [3.05, 3.63) is 35.6 Å². The van der Waals surface area contributed by atoms with Crippen LogP contribution >= 0.6 is 0 Å². The van der Waals surface area contributed by atoms with Crippen molar-refractivity contribution < 1.29 is 27.2 Å². The van der Waals surface area contributed by atoms with Gasteiger partial charge in [0, 0.05) is 18.7 Å². The third-order valence-electron chi connectivity index (χ3n) is 3.22. The molecule has 5 nitrogen and oxygen atoms in total. The van der Waals surface area contributed by atoms with Crippen molar-refractivity contribution in [3.63, 3.8) is 0 Å². The number of hydrogen-bond donors (Lipinski definition) is 1. The number of rotatable bonds is 6. The number of carbonyl (C=O) groups is 1. The van der Waals surface area contributed by atoms with E-state index < -0.39 is 11.7 Å². The van der Waals surface area contributed by atoms with Crippen molar-refractivity contribution in [1.29, 1.82) is 0 Å². The smallest absolute Gasteiger partial charge is 0.417 e. The van der Waals surface area contributed by atoms with E-state index in [1.54, 1.807) is 0 Å². The minimum Gasteiger partial charge on any atom is -0.494 e. The summed E-state index contributed by atoms with van der Waals surface area (Å²) in [5, 5.41) is 6.05. The van der Waals surface area contributed by atoms with E-state index in [0.717, 1.165) is 6.07 Å². The van der Waals surface area contributed by atoms with Gasteiger partial charge in [-0.2, -0.15) is 13.2 Å². The quantitative estimate of drug-likeness (QED) is 0.873. The summed E-state index contributed by atoms with van der Waals surface area (Å²) in [6.45, 7) is 2.19. The molecule has 24 heavy (non-hydrogen) atoms. The number of nitrogens with zero attached hydrogens (tertiary/aromatic N) is 1. The highest BCUT2D eigenvalue weighted by Gasteiger charge is 2.35. The van der Waals surface area contributed by atoms with E-state index in [1.165, 1.54) is 25.2 Å². The maximum Gasteiger partial charge on any atom is 0.417 e. The lowest BCUT2D eigenvalue weighted by Crippen LogP contribution is -2.19. The van der Waals surface area contributed by atoms with Crippen LogP contribution in [0.3, 0.4) is 0 Å². The number of hydrogen-bond acceptors (Lipinski definition) is 4. The van der Waals surface area contributed by atoms with Crippen molar-refractivity contribution in [1.82, 2.24) is 10.5 Å². The van der Waals surface area contributed by atoms with Gasteiger partial charge in [-0.15, -0.1) is 0 Å². The molecule has 0 aliphatic carbocycles. The van der Waals surface area contributed by atoms with E-state index in [1.807, 2.05) is 6.92 Å². The molecule has 0 bridgehead atoms. The summed E-state index contributed by atoms with van der Waals surface area (Å²) in [6, 6.07) is 5.01. The Bertz CT molecular complexity index is 711. The highest BCUT2D eigenvalue weighted by molar-refractivity contribution is 5.78. The fourth-order valence-electron chi connectivity index (χ4n) is 2.06. The summed E-state index contributed by atoms with van der Waals surface area (Å²) < 4.78 is 50.2. The Kier molecular flexibility index (Phi) is 5.48. The third-order valence-corrected chi connectivity index (χ3v) is 3.22. The summed E-state index contributed by atoms with van der Waals surface area (Å²) in [7, 11) is 1.45. The maximum atomic E-state index is 13.3. The van der Waals surface area contributed by atoms with Crippen LogP contribution in [0.2, 0.25) is 0 Å². The monoisotopic (exact) mass is 342 g/mol. The predicted octanol–water partition coefficient (Wildman–Crippen LogP) is 3.44. The second-order valence-corrected chi connectivity index (χ2v) is 5.08. The van der Waals surface area contributed by atoms with Gasteiger partial charge in [-0.25, -0.2) is 0 Å². The van der Waals surface area contributed by atoms with Crippen LogP contribution in [0.15, 0.2) is 28.8 Å². The van der Waals surface area contributed by atoms with Crippen LogP contribution < -0.4 is 10.1 Å². The van der Waals surface area contributed by atoms with Gasteiger partial charge in [-0.05, 0) is 24.6 Å². The van der Waals surface area contributed by atoms with Gasteiger partial charge in [0.1, 0.15) is 17.2 Å². The first-order valence-electron chi connectivity index (χ1n) is 7.35. The number of alkyl halides is 3. The van der Waals surface area contributed by atoms with Crippen molar-refractivity contribution in [2.75, 3.05) is 13.7 Å². The maximum absolute atomic E-state index is 13.3. The zero-order valence-electron chi connectivity index (χ0n) is 13.2. The van der Waals surface area contributed by atoms with Crippen molar-refractivity contribution in [2.24, 2.45) is 0 Å². The van der Waals surface area contributed by atoms with Gasteiger partial charge in [-0.1, -0.05) is 12.1 Å². The van der Waals surface area contributed by atoms with E-state index in [0.29, 0.717) is 13.0 Å². The second-order valence-electron chi connectivity index (χ2n) is 5.08. The molecule has 1 aromatic carbocycles. The lowest BCUT2D eigenvalue weighted by Gasteiger charge is -2.13. The summed E-state index contributed by atoms with van der Waals surface area (Å²) in [5.74, 6) is 0.00264. The lowest BCUT2D eigenvalue weighted by atomic mass is 10.0. The summed E-state index contributed by atoms with van der Waals surface area (Å²) >= 11 is 0. The number of aromatic nitrogens is 1. The predicted molar refractivity (Wildman–Crippen MR) is 80.5 cm³/mol. The standard InChI is InChI=1S/C16H17F3N2O3/c1-3-6-23-10-4-5-12(13(7-10)16(17,18)19)14-8-11(24-21-14)9-15(22)20-2/h4-5,7-8H,3,6,9H2,1-2H3,(H,20,22). The Morgan fingerprint density at radius 3 is 2.71 bits per heavy atom. The van der Waals surface area contributed by atoms with Gasteiger partial charge in [0.25, 0.3) is 0 Å². The van der Waals surface area contributed by atoms with Crippen LogP contribution in [0.1, 0.15) is 24.7 Å². The minimum absolute atomic E-state index is 0.0169. The van der Waals surface area contributed by atoms with Gasteiger partial charge in [-0.3, -0.25) is 4.79 Å². The first-order valence-corrected chi connectivity index (χ1v) is 7.35. The molecule has 0 spiro atoms. The zero-order chi connectivity index (χ0) is 17.7. The molecule has 2 rings (SSSR count). The summed E-state index contributed by atoms with van der Waals surface area (Å²) in [4.78, 5) is 11.3. The SMILES string of the molecule is CCCOc1ccc(-c2cc(CC(=O)NC)on2)c(C(F)(F)F)c1. The molecule has 2 aromatic rings. The summed E-state index contributed by atoms with van der Waals surface area (Å²) in [5.41, 5.74) is -0.975. The Balaban J connectivity index is 2.37. The van der Waals surface area contributed by atoms with Gasteiger partial charge in [0.05, 0.1) is 18.6 Å². The van der Waals surface area contributed by atoms with Crippen LogP contribution in [-0.4, -0.2) is 24.7 Å². The van der Waals surface area contributed by atoms with Crippen LogP contribution in [-0.2, 0) is 17.4 Å². The molecule has 0 aliphatic heterocycles. The molecule has 1 amide bonds. The Labute approximate surface area is 136 Å². The number of likely N-dealkylation sites (N-methyl/N-ethyl adjacent to an activating group) is 1. The molecule has 0 unspecified atom stereocenters. The molecular weight excluding hydrogens is 325 g/mol. The normalized spacial score (nSPS) is 11.4. The molecular formula is C16H17F3N2O3.